The zero-order valence-electron chi connectivity index (χ0n) is 16.9. The summed E-state index contributed by atoms with van der Waals surface area (Å²) in [5, 5.41) is 13.5. The van der Waals surface area contributed by atoms with E-state index in [0.29, 0.717) is 18.2 Å². The molecule has 2 amide bonds. The van der Waals surface area contributed by atoms with E-state index in [1.54, 1.807) is 28.6 Å². The molecule has 0 aromatic carbocycles. The second kappa shape index (κ2) is 6.90. The molecule has 0 radical (unpaired) electrons. The fraction of sp³-hybridized carbons (Fsp3) is 0.636. The molecule has 3 heterocycles. The Labute approximate surface area is 179 Å². The number of hydrogen-bond acceptors (Lipinski definition) is 6. The van der Waals surface area contributed by atoms with Gasteiger partial charge in [0, 0.05) is 18.4 Å². The number of aromatic nitrogens is 2. The highest BCUT2D eigenvalue weighted by atomic mass is 32.1. The van der Waals surface area contributed by atoms with Gasteiger partial charge in [0.15, 0.2) is 0 Å². The highest BCUT2D eigenvalue weighted by molar-refractivity contribution is 7.15. The molecule has 1 N–H and O–H groups in total. The van der Waals surface area contributed by atoms with Gasteiger partial charge in [0.2, 0.25) is 16.9 Å². The normalized spacial score (nSPS) is 34.7. The molecule has 158 valence electrons. The quantitative estimate of drug-likeness (QED) is 0.789. The van der Waals surface area contributed by atoms with E-state index in [1.165, 1.54) is 38.5 Å². The van der Waals surface area contributed by atoms with E-state index in [-0.39, 0.29) is 29.6 Å². The second-order valence-corrected chi connectivity index (χ2v) is 10.8. The van der Waals surface area contributed by atoms with Crippen LogP contribution in [0.3, 0.4) is 0 Å². The Hall–Kier alpha value is -2.22. The van der Waals surface area contributed by atoms with Gasteiger partial charge >= 0.3 is 0 Å². The van der Waals surface area contributed by atoms with E-state index in [1.807, 2.05) is 6.07 Å². The molecule has 1 aliphatic heterocycles. The Kier molecular flexibility index (Phi) is 4.27. The average molecular weight is 427 g/mol. The molecule has 2 aromatic heterocycles. The number of likely N-dealkylation sites (tertiary alicyclic amines) is 1. The summed E-state index contributed by atoms with van der Waals surface area (Å²) in [7, 11) is 0. The van der Waals surface area contributed by atoms with Crippen LogP contribution in [0.15, 0.2) is 22.8 Å². The number of nitrogens with zero attached hydrogens (tertiary/aromatic N) is 3. The molecule has 8 heteroatoms. The summed E-state index contributed by atoms with van der Waals surface area (Å²) < 4.78 is 5.33. The van der Waals surface area contributed by atoms with Gasteiger partial charge in [0.05, 0.1) is 18.7 Å². The summed E-state index contributed by atoms with van der Waals surface area (Å²) in [5.41, 5.74) is 0.193. The molecule has 2 aromatic rings. The van der Waals surface area contributed by atoms with E-state index in [2.05, 4.69) is 15.5 Å². The molecule has 4 aliphatic carbocycles. The van der Waals surface area contributed by atoms with Gasteiger partial charge in [-0.15, -0.1) is 10.2 Å². The lowest BCUT2D eigenvalue weighted by molar-refractivity contribution is -0.128. The second-order valence-electron chi connectivity index (χ2n) is 9.85. The van der Waals surface area contributed by atoms with Crippen LogP contribution >= 0.6 is 11.3 Å². The van der Waals surface area contributed by atoms with Crippen LogP contribution in [0, 0.1) is 23.7 Å². The lowest BCUT2D eigenvalue weighted by Crippen LogP contribution is -2.48. The molecular weight excluding hydrogens is 400 g/mol. The largest absolute Gasteiger partial charge is 0.467 e. The van der Waals surface area contributed by atoms with Gasteiger partial charge < -0.3 is 14.6 Å². The van der Waals surface area contributed by atoms with Crippen molar-refractivity contribution < 1.29 is 14.0 Å². The summed E-state index contributed by atoms with van der Waals surface area (Å²) >= 11 is 1.55. The number of furan rings is 1. The molecule has 30 heavy (non-hydrogen) atoms. The van der Waals surface area contributed by atoms with Crippen LogP contribution in [-0.2, 0) is 21.5 Å². The zero-order chi connectivity index (χ0) is 20.3. The third kappa shape index (κ3) is 3.16. The van der Waals surface area contributed by atoms with E-state index < -0.39 is 0 Å². The first-order valence-electron chi connectivity index (χ1n) is 11.0. The summed E-state index contributed by atoms with van der Waals surface area (Å²) in [6.07, 6.45) is 9.72. The number of carbonyl (C=O) groups is 2. The van der Waals surface area contributed by atoms with Crippen molar-refractivity contribution >= 4 is 28.3 Å². The molecule has 1 saturated heterocycles. The van der Waals surface area contributed by atoms with Gasteiger partial charge in [-0.1, -0.05) is 11.3 Å². The van der Waals surface area contributed by atoms with Crippen LogP contribution in [0.25, 0.3) is 0 Å². The van der Waals surface area contributed by atoms with Crippen molar-refractivity contribution in [2.75, 3.05) is 11.9 Å². The number of amides is 2. The molecule has 4 saturated carbocycles. The number of anilines is 1. The molecule has 4 bridgehead atoms. The Morgan fingerprint density at radius 1 is 1.20 bits per heavy atom. The van der Waals surface area contributed by atoms with Crippen LogP contribution < -0.4 is 5.32 Å². The summed E-state index contributed by atoms with van der Waals surface area (Å²) in [6.45, 7) is 0.816. The van der Waals surface area contributed by atoms with Gasteiger partial charge in [-0.25, -0.2) is 0 Å². The maximum atomic E-state index is 12.8. The summed E-state index contributed by atoms with van der Waals surface area (Å²) in [4.78, 5) is 26.8. The number of carbonyl (C=O) groups excluding carboxylic acids is 2. The van der Waals surface area contributed by atoms with Crippen LogP contribution in [0.1, 0.15) is 55.7 Å². The highest BCUT2D eigenvalue weighted by Crippen LogP contribution is 2.61. The van der Waals surface area contributed by atoms with E-state index in [9.17, 15) is 9.59 Å². The van der Waals surface area contributed by atoms with Crippen LogP contribution in [-0.4, -0.2) is 33.5 Å². The fourth-order valence-corrected chi connectivity index (χ4v) is 7.72. The van der Waals surface area contributed by atoms with Crippen molar-refractivity contribution in [3.63, 3.8) is 0 Å². The van der Waals surface area contributed by atoms with E-state index in [0.717, 1.165) is 28.5 Å². The average Bonchev–Trinajstić information content (AvgIpc) is 3.44. The smallest absolute Gasteiger partial charge is 0.231 e. The molecule has 0 unspecified atom stereocenters. The van der Waals surface area contributed by atoms with Gasteiger partial charge in [-0.2, -0.15) is 0 Å². The van der Waals surface area contributed by atoms with E-state index in [4.69, 9.17) is 4.42 Å². The Morgan fingerprint density at radius 2 is 1.93 bits per heavy atom. The molecule has 0 spiro atoms. The lowest BCUT2D eigenvalue weighted by Gasteiger charge is -2.55. The maximum absolute atomic E-state index is 12.8. The van der Waals surface area contributed by atoms with Crippen molar-refractivity contribution in [2.24, 2.45) is 23.7 Å². The molecule has 5 fully saturated rings. The maximum Gasteiger partial charge on any atom is 0.231 e. The predicted octanol–water partition coefficient (Wildman–Crippen LogP) is 3.59. The first-order chi connectivity index (χ1) is 14.6. The molecule has 5 aliphatic rings. The van der Waals surface area contributed by atoms with Crippen molar-refractivity contribution in [1.29, 1.82) is 0 Å². The first-order valence-corrected chi connectivity index (χ1v) is 11.8. The minimum Gasteiger partial charge on any atom is -0.467 e. The Balaban J connectivity index is 1.12. The molecule has 1 atom stereocenters. The van der Waals surface area contributed by atoms with E-state index >= 15 is 0 Å². The molecule has 7 rings (SSSR count). The van der Waals surface area contributed by atoms with Crippen molar-refractivity contribution in [3.05, 3.63) is 29.2 Å². The third-order valence-corrected chi connectivity index (χ3v) is 8.74. The standard InChI is InChI=1S/C22H26N4O3S/c27-18-7-16(11-26(18)12-17-2-1-3-29-17)19(28)23-21-25-24-20(30-21)22-8-13-4-14(9-22)6-15(5-13)10-22/h1-3,13-16H,4-12H2,(H,23,25,28)/t13?,14?,15?,16-,22?/m0/s1. The Morgan fingerprint density at radius 3 is 2.60 bits per heavy atom. The van der Waals surface area contributed by atoms with Gasteiger partial charge in [0.25, 0.3) is 0 Å². The topological polar surface area (TPSA) is 88.3 Å². The minimum atomic E-state index is -0.362. The van der Waals surface area contributed by atoms with Crippen LogP contribution in [0.5, 0.6) is 0 Å². The summed E-state index contributed by atoms with van der Waals surface area (Å²) in [6, 6.07) is 3.64. The highest BCUT2D eigenvalue weighted by Gasteiger charge is 2.53. The SMILES string of the molecule is O=C(Nc1nnc(C23CC4CC(CC(C4)C2)C3)s1)[C@H]1CC(=O)N(Cc2ccco2)C1. The van der Waals surface area contributed by atoms with Crippen molar-refractivity contribution in [3.8, 4) is 0 Å². The van der Waals surface area contributed by atoms with Gasteiger partial charge in [-0.3, -0.25) is 9.59 Å². The van der Waals surface area contributed by atoms with Gasteiger partial charge in [-0.05, 0) is 68.4 Å². The molecule has 7 nitrogen and oxygen atoms in total. The number of nitrogens with one attached hydrogen (secondary N) is 1. The van der Waals surface area contributed by atoms with Crippen LogP contribution in [0.2, 0.25) is 0 Å². The summed E-state index contributed by atoms with van der Waals surface area (Å²) in [5.74, 6) is 2.76. The fourth-order valence-electron chi connectivity index (χ4n) is 6.76. The van der Waals surface area contributed by atoms with Crippen LogP contribution in [0.4, 0.5) is 5.13 Å². The Bertz CT molecular complexity index is 934. The number of hydrogen-bond donors (Lipinski definition) is 1. The predicted molar refractivity (Wildman–Crippen MR) is 111 cm³/mol. The molecular formula is C22H26N4O3S. The van der Waals surface area contributed by atoms with Crippen molar-refractivity contribution in [2.45, 2.75) is 56.9 Å². The minimum absolute atomic E-state index is 0.0157. The number of rotatable bonds is 5. The monoisotopic (exact) mass is 426 g/mol. The lowest BCUT2D eigenvalue weighted by atomic mass is 9.50. The van der Waals surface area contributed by atoms with Gasteiger partial charge in [0.1, 0.15) is 10.8 Å². The first kappa shape index (κ1) is 18.5. The third-order valence-electron chi connectivity index (χ3n) is 7.66. The van der Waals surface area contributed by atoms with Crippen molar-refractivity contribution in [1.82, 2.24) is 15.1 Å². The zero-order valence-corrected chi connectivity index (χ0v) is 17.7.